The minimum Gasteiger partial charge on any atom is -0.370 e. The number of hydrogen-bond donors (Lipinski definition) is 1. The highest BCUT2D eigenvalue weighted by atomic mass is 19.3. The van der Waals surface area contributed by atoms with E-state index in [0.717, 1.165) is 6.54 Å². The number of hydrogen-bond acceptors (Lipinski definition) is 4. The number of aromatic nitrogens is 2. The fraction of sp³-hybridized carbons (Fsp3) is 0.556. The van der Waals surface area contributed by atoms with Crippen molar-refractivity contribution in [3.8, 4) is 0 Å². The lowest BCUT2D eigenvalue weighted by atomic mass is 10.4. The molecule has 0 saturated heterocycles. The Hall–Kier alpha value is -1.46. The summed E-state index contributed by atoms with van der Waals surface area (Å²) in [5.74, 6) is 1.13. The highest BCUT2D eigenvalue weighted by molar-refractivity contribution is 5.47. The second-order valence-electron chi connectivity index (χ2n) is 3.06. The van der Waals surface area contributed by atoms with E-state index in [2.05, 4.69) is 15.3 Å². The van der Waals surface area contributed by atoms with Gasteiger partial charge < -0.3 is 10.2 Å². The van der Waals surface area contributed by atoms with Gasteiger partial charge in [-0.1, -0.05) is 0 Å². The molecular formula is C9H14F2N4. The molecule has 1 N–H and O–H groups in total. The third-order valence-electron chi connectivity index (χ3n) is 1.81. The molecule has 0 unspecified atom stereocenters. The first-order valence-electron chi connectivity index (χ1n) is 4.68. The first-order valence-corrected chi connectivity index (χ1v) is 4.68. The van der Waals surface area contributed by atoms with Gasteiger partial charge in [-0.3, -0.25) is 0 Å². The quantitative estimate of drug-likeness (QED) is 0.811. The number of nitrogens with zero attached hydrogens (tertiary/aromatic N) is 3. The average Bonchev–Trinajstić information content (AvgIpc) is 2.17. The summed E-state index contributed by atoms with van der Waals surface area (Å²) in [4.78, 5) is 9.27. The second kappa shape index (κ2) is 5.43. The van der Waals surface area contributed by atoms with Crippen LogP contribution < -0.4 is 10.2 Å². The van der Waals surface area contributed by atoms with Crippen LogP contribution in [0.1, 0.15) is 6.92 Å². The topological polar surface area (TPSA) is 41.0 Å². The zero-order chi connectivity index (χ0) is 11.3. The van der Waals surface area contributed by atoms with Crippen molar-refractivity contribution in [2.75, 3.05) is 30.4 Å². The molecule has 0 aliphatic rings. The maximum absolute atomic E-state index is 12.1. The maximum Gasteiger partial charge on any atom is 0.255 e. The molecule has 1 rings (SSSR count). The van der Waals surface area contributed by atoms with Crippen LogP contribution in [-0.2, 0) is 0 Å². The molecule has 4 nitrogen and oxygen atoms in total. The number of alkyl halides is 2. The van der Waals surface area contributed by atoms with Crippen LogP contribution in [0.4, 0.5) is 20.4 Å². The van der Waals surface area contributed by atoms with Crippen molar-refractivity contribution in [1.29, 1.82) is 0 Å². The third-order valence-corrected chi connectivity index (χ3v) is 1.81. The molecule has 0 amide bonds. The van der Waals surface area contributed by atoms with Crippen LogP contribution in [0.3, 0.4) is 0 Å². The van der Waals surface area contributed by atoms with Gasteiger partial charge in [-0.25, -0.2) is 18.7 Å². The summed E-state index contributed by atoms with van der Waals surface area (Å²) < 4.78 is 24.2. The normalized spacial score (nSPS) is 10.5. The summed E-state index contributed by atoms with van der Waals surface area (Å²) in [7, 11) is 1.57. The number of anilines is 2. The van der Waals surface area contributed by atoms with Crippen molar-refractivity contribution in [3.63, 3.8) is 0 Å². The van der Waals surface area contributed by atoms with Crippen molar-refractivity contribution < 1.29 is 8.78 Å². The summed E-state index contributed by atoms with van der Waals surface area (Å²) in [6.07, 6.45) is -1.01. The maximum atomic E-state index is 12.1. The Morgan fingerprint density at radius 1 is 1.47 bits per heavy atom. The second-order valence-corrected chi connectivity index (χ2v) is 3.06. The van der Waals surface area contributed by atoms with Crippen molar-refractivity contribution in [2.45, 2.75) is 13.3 Å². The third kappa shape index (κ3) is 3.65. The number of nitrogens with one attached hydrogen (secondary N) is 1. The average molecular weight is 216 g/mol. The lowest BCUT2D eigenvalue weighted by Crippen LogP contribution is -2.25. The standard InChI is InChI=1S/C9H14F2N4/c1-3-12-8-4-9(14-6-13-8)15(2)5-7(10)11/h4,6-7H,3,5H2,1-2H3,(H,12,13,14). The van der Waals surface area contributed by atoms with Crippen LogP contribution in [-0.4, -0.2) is 36.5 Å². The van der Waals surface area contributed by atoms with Gasteiger partial charge in [0.25, 0.3) is 6.43 Å². The van der Waals surface area contributed by atoms with Crippen LogP contribution in [0.5, 0.6) is 0 Å². The smallest absolute Gasteiger partial charge is 0.255 e. The lowest BCUT2D eigenvalue weighted by Gasteiger charge is -2.17. The van der Waals surface area contributed by atoms with E-state index in [4.69, 9.17) is 0 Å². The fourth-order valence-corrected chi connectivity index (χ4v) is 1.13. The molecule has 1 aromatic heterocycles. The first kappa shape index (κ1) is 11.6. The summed E-state index contributed by atoms with van der Waals surface area (Å²) in [5, 5.41) is 2.99. The summed E-state index contributed by atoms with van der Waals surface area (Å²) in [6.45, 7) is 2.34. The Labute approximate surface area is 87.3 Å². The van der Waals surface area contributed by atoms with Crippen molar-refractivity contribution in [2.24, 2.45) is 0 Å². The zero-order valence-electron chi connectivity index (χ0n) is 8.74. The molecule has 0 spiro atoms. The highest BCUT2D eigenvalue weighted by Gasteiger charge is 2.09. The largest absolute Gasteiger partial charge is 0.370 e. The predicted molar refractivity (Wildman–Crippen MR) is 55.5 cm³/mol. The number of halogens is 2. The lowest BCUT2D eigenvalue weighted by molar-refractivity contribution is 0.156. The van der Waals surface area contributed by atoms with Crippen molar-refractivity contribution in [1.82, 2.24) is 9.97 Å². The van der Waals surface area contributed by atoms with E-state index in [1.807, 2.05) is 6.92 Å². The molecule has 1 aromatic rings. The molecule has 0 radical (unpaired) electrons. The molecule has 84 valence electrons. The Morgan fingerprint density at radius 2 is 2.20 bits per heavy atom. The molecule has 15 heavy (non-hydrogen) atoms. The van der Waals surface area contributed by atoms with E-state index in [1.165, 1.54) is 11.2 Å². The van der Waals surface area contributed by atoms with Gasteiger partial charge in [-0.05, 0) is 6.92 Å². The molecule has 0 aliphatic carbocycles. The first-order chi connectivity index (χ1) is 7.13. The predicted octanol–water partition coefficient (Wildman–Crippen LogP) is 1.61. The van der Waals surface area contributed by atoms with Gasteiger partial charge in [0.2, 0.25) is 0 Å². The molecule has 0 saturated carbocycles. The van der Waals surface area contributed by atoms with E-state index >= 15 is 0 Å². The molecule has 0 bridgehead atoms. The van der Waals surface area contributed by atoms with E-state index in [0.29, 0.717) is 11.6 Å². The Kier molecular flexibility index (Phi) is 4.20. The summed E-state index contributed by atoms with van der Waals surface area (Å²) in [6, 6.07) is 1.64. The highest BCUT2D eigenvalue weighted by Crippen LogP contribution is 2.13. The zero-order valence-corrected chi connectivity index (χ0v) is 8.74. The molecule has 1 heterocycles. The van der Waals surface area contributed by atoms with Crippen LogP contribution in [0.25, 0.3) is 0 Å². The van der Waals surface area contributed by atoms with Crippen LogP contribution >= 0.6 is 0 Å². The van der Waals surface area contributed by atoms with E-state index < -0.39 is 6.43 Å². The fourth-order valence-electron chi connectivity index (χ4n) is 1.13. The SMILES string of the molecule is CCNc1cc(N(C)CC(F)F)ncn1. The van der Waals surface area contributed by atoms with Gasteiger partial charge >= 0.3 is 0 Å². The minimum atomic E-state index is -2.37. The summed E-state index contributed by atoms with van der Waals surface area (Å²) in [5.41, 5.74) is 0. The molecular weight excluding hydrogens is 202 g/mol. The Balaban J connectivity index is 2.71. The Morgan fingerprint density at radius 3 is 2.80 bits per heavy atom. The van der Waals surface area contributed by atoms with E-state index in [-0.39, 0.29) is 6.54 Å². The van der Waals surface area contributed by atoms with Crippen LogP contribution in [0.2, 0.25) is 0 Å². The van der Waals surface area contributed by atoms with Gasteiger partial charge in [-0.2, -0.15) is 0 Å². The molecule has 6 heteroatoms. The monoisotopic (exact) mass is 216 g/mol. The molecule has 0 aliphatic heterocycles. The van der Waals surface area contributed by atoms with Crippen LogP contribution in [0, 0.1) is 0 Å². The van der Waals surface area contributed by atoms with Crippen molar-refractivity contribution >= 4 is 11.6 Å². The van der Waals surface area contributed by atoms with Crippen LogP contribution in [0.15, 0.2) is 12.4 Å². The van der Waals surface area contributed by atoms with Gasteiger partial charge in [0.05, 0.1) is 6.54 Å². The Bertz CT molecular complexity index is 306. The minimum absolute atomic E-state index is 0.331. The number of rotatable bonds is 5. The van der Waals surface area contributed by atoms with E-state index in [1.54, 1.807) is 13.1 Å². The van der Waals surface area contributed by atoms with Gasteiger partial charge in [0, 0.05) is 19.7 Å². The van der Waals surface area contributed by atoms with Gasteiger partial charge in [0.1, 0.15) is 18.0 Å². The van der Waals surface area contributed by atoms with Gasteiger partial charge in [0.15, 0.2) is 0 Å². The molecule has 0 fully saturated rings. The van der Waals surface area contributed by atoms with Crippen molar-refractivity contribution in [3.05, 3.63) is 12.4 Å². The molecule has 0 aromatic carbocycles. The van der Waals surface area contributed by atoms with Gasteiger partial charge in [-0.15, -0.1) is 0 Å². The molecule has 0 atom stereocenters. The van der Waals surface area contributed by atoms with E-state index in [9.17, 15) is 8.78 Å². The summed E-state index contributed by atoms with van der Waals surface area (Å²) >= 11 is 0.